The number of likely N-dealkylation sites (N-methyl/N-ethyl adjacent to an activating group) is 1. The van der Waals surface area contributed by atoms with Gasteiger partial charge in [0, 0.05) is 19.6 Å². The van der Waals surface area contributed by atoms with Crippen molar-refractivity contribution in [1.29, 1.82) is 10.5 Å². The van der Waals surface area contributed by atoms with Crippen LogP contribution in [0, 0.1) is 22.7 Å². The van der Waals surface area contributed by atoms with E-state index in [2.05, 4.69) is 47.0 Å². The van der Waals surface area contributed by atoms with E-state index in [1.807, 2.05) is 6.92 Å². The summed E-state index contributed by atoms with van der Waals surface area (Å²) in [5, 5.41) is 18.8. The normalized spacial score (nSPS) is 14.2. The molecule has 2 heterocycles. The first-order chi connectivity index (χ1) is 15.4. The maximum absolute atomic E-state index is 10.3. The van der Waals surface area contributed by atoms with Gasteiger partial charge in [0.2, 0.25) is 5.91 Å². The number of pyridine rings is 1. The van der Waals surface area contributed by atoms with Crippen LogP contribution in [0.15, 0.2) is 37.0 Å². The highest BCUT2D eigenvalue weighted by atomic mass is 16.1. The molecule has 0 unspecified atom stereocenters. The van der Waals surface area contributed by atoms with E-state index in [0.717, 1.165) is 44.7 Å². The molecule has 1 aromatic rings. The summed E-state index contributed by atoms with van der Waals surface area (Å²) in [7, 11) is 0. The molecule has 8 nitrogen and oxygen atoms in total. The minimum absolute atomic E-state index is 0.227. The predicted molar refractivity (Wildman–Crippen MR) is 129 cm³/mol. The summed E-state index contributed by atoms with van der Waals surface area (Å²) in [6.45, 7) is 15.8. The quantitative estimate of drug-likeness (QED) is 0.628. The van der Waals surface area contributed by atoms with E-state index in [9.17, 15) is 15.3 Å². The van der Waals surface area contributed by atoms with Gasteiger partial charge in [0.1, 0.15) is 23.8 Å². The van der Waals surface area contributed by atoms with Crippen molar-refractivity contribution in [3.05, 3.63) is 53.6 Å². The Morgan fingerprint density at radius 3 is 2.34 bits per heavy atom. The lowest BCUT2D eigenvalue weighted by molar-refractivity contribution is -0.117. The third-order valence-corrected chi connectivity index (χ3v) is 5.19. The number of hydrogen-bond acceptors (Lipinski definition) is 7. The Morgan fingerprint density at radius 2 is 1.84 bits per heavy atom. The van der Waals surface area contributed by atoms with Gasteiger partial charge in [-0.15, -0.1) is 0 Å². The summed E-state index contributed by atoms with van der Waals surface area (Å²) >= 11 is 0. The van der Waals surface area contributed by atoms with E-state index in [1.165, 1.54) is 0 Å². The highest BCUT2D eigenvalue weighted by Crippen LogP contribution is 2.28. The summed E-state index contributed by atoms with van der Waals surface area (Å²) in [6.07, 6.45) is 6.75. The molecule has 0 spiro atoms. The van der Waals surface area contributed by atoms with Crippen LogP contribution in [0.5, 0.6) is 0 Å². The maximum Gasteiger partial charge on any atom is 0.221 e. The van der Waals surface area contributed by atoms with E-state index in [-0.39, 0.29) is 18.1 Å². The minimum atomic E-state index is -0.354. The predicted octanol–water partition coefficient (Wildman–Crippen LogP) is 2.66. The second-order valence-corrected chi connectivity index (χ2v) is 7.23. The number of allylic oxidation sites excluding steroid dienone is 3. The summed E-state index contributed by atoms with van der Waals surface area (Å²) in [6, 6.07) is 4.32. The van der Waals surface area contributed by atoms with Gasteiger partial charge in [-0.25, -0.2) is 4.98 Å². The molecule has 0 bridgehead atoms. The Bertz CT molecular complexity index is 937. The average molecular weight is 436 g/mol. The Hall–Kier alpha value is -3.62. The number of carbonyl (C=O) groups excluding carboxylic acids is 1. The molecular weight excluding hydrogens is 402 g/mol. The number of nitrogen functional groups attached to an aromatic ring is 1. The Balaban J connectivity index is 0.000000433. The lowest BCUT2D eigenvalue weighted by atomic mass is 10.0. The van der Waals surface area contributed by atoms with Crippen LogP contribution in [0.1, 0.15) is 43.4 Å². The van der Waals surface area contributed by atoms with Crippen molar-refractivity contribution in [1.82, 2.24) is 9.88 Å². The van der Waals surface area contributed by atoms with Crippen molar-refractivity contribution in [2.45, 2.75) is 33.1 Å². The zero-order valence-corrected chi connectivity index (χ0v) is 19.1. The first-order valence-electron chi connectivity index (χ1n) is 10.7. The summed E-state index contributed by atoms with van der Waals surface area (Å²) in [5.41, 5.74) is 13.2. The molecule has 1 aliphatic rings. The Labute approximate surface area is 191 Å². The number of nitrogens with two attached hydrogens (primary N) is 2. The Morgan fingerprint density at radius 1 is 1.16 bits per heavy atom. The lowest BCUT2D eigenvalue weighted by Gasteiger charge is -2.24. The molecule has 32 heavy (non-hydrogen) atoms. The SMILES string of the molecule is C=C/C=C(\C=C)CC(N)=O.CCc1c(C#N)c(N)nc(N2CCCN(CC)CC2)c1C#N. The number of anilines is 2. The molecule has 1 aliphatic heterocycles. The van der Waals surface area contributed by atoms with Crippen molar-refractivity contribution < 1.29 is 4.79 Å². The van der Waals surface area contributed by atoms with Crippen LogP contribution in [0.25, 0.3) is 0 Å². The first-order valence-corrected chi connectivity index (χ1v) is 10.7. The lowest BCUT2D eigenvalue weighted by Crippen LogP contribution is -2.32. The van der Waals surface area contributed by atoms with Crippen molar-refractivity contribution in [3.63, 3.8) is 0 Å². The van der Waals surface area contributed by atoms with Crippen LogP contribution in [-0.2, 0) is 11.2 Å². The third kappa shape index (κ3) is 7.26. The molecule has 1 aromatic heterocycles. The average Bonchev–Trinajstić information content (AvgIpc) is 3.03. The number of rotatable bonds is 7. The van der Waals surface area contributed by atoms with Crippen molar-refractivity contribution in [2.75, 3.05) is 43.4 Å². The monoisotopic (exact) mass is 435 g/mol. The summed E-state index contributed by atoms with van der Waals surface area (Å²) in [5.74, 6) is 0.506. The van der Waals surface area contributed by atoms with E-state index in [1.54, 1.807) is 18.2 Å². The summed E-state index contributed by atoms with van der Waals surface area (Å²) < 4.78 is 0. The largest absolute Gasteiger partial charge is 0.383 e. The Kier molecular flexibility index (Phi) is 11.3. The van der Waals surface area contributed by atoms with Gasteiger partial charge in [-0.2, -0.15) is 10.5 Å². The summed E-state index contributed by atoms with van der Waals surface area (Å²) in [4.78, 5) is 19.2. The number of carbonyl (C=O) groups is 1. The topological polar surface area (TPSA) is 136 Å². The zero-order valence-electron chi connectivity index (χ0n) is 19.1. The highest BCUT2D eigenvalue weighted by molar-refractivity contribution is 5.77. The molecule has 0 aromatic carbocycles. The van der Waals surface area contributed by atoms with Crippen LogP contribution in [-0.4, -0.2) is 48.5 Å². The number of primary amides is 1. The van der Waals surface area contributed by atoms with Gasteiger partial charge in [-0.1, -0.05) is 45.2 Å². The second-order valence-electron chi connectivity index (χ2n) is 7.23. The van der Waals surface area contributed by atoms with Crippen LogP contribution < -0.4 is 16.4 Å². The number of amides is 1. The third-order valence-electron chi connectivity index (χ3n) is 5.19. The van der Waals surface area contributed by atoms with E-state index < -0.39 is 0 Å². The van der Waals surface area contributed by atoms with E-state index >= 15 is 0 Å². The van der Waals surface area contributed by atoms with Gasteiger partial charge in [0.25, 0.3) is 0 Å². The minimum Gasteiger partial charge on any atom is -0.383 e. The molecule has 2 rings (SSSR count). The fraction of sp³-hybridized carbons (Fsp3) is 0.417. The first kappa shape index (κ1) is 26.4. The maximum atomic E-state index is 10.3. The zero-order chi connectivity index (χ0) is 24.1. The molecule has 4 N–H and O–H groups in total. The fourth-order valence-corrected chi connectivity index (χ4v) is 3.52. The van der Waals surface area contributed by atoms with E-state index in [4.69, 9.17) is 11.5 Å². The van der Waals surface area contributed by atoms with Gasteiger partial charge >= 0.3 is 0 Å². The number of nitriles is 2. The van der Waals surface area contributed by atoms with Gasteiger partial charge in [-0.3, -0.25) is 4.79 Å². The van der Waals surface area contributed by atoms with E-state index in [0.29, 0.717) is 28.9 Å². The van der Waals surface area contributed by atoms with Crippen molar-refractivity contribution in [3.8, 4) is 12.1 Å². The highest BCUT2D eigenvalue weighted by Gasteiger charge is 2.23. The molecule has 0 saturated carbocycles. The number of hydrogen-bond donors (Lipinski definition) is 2. The van der Waals surface area contributed by atoms with Crippen LogP contribution in [0.4, 0.5) is 11.6 Å². The smallest absolute Gasteiger partial charge is 0.221 e. The van der Waals surface area contributed by atoms with Crippen molar-refractivity contribution in [2.24, 2.45) is 5.73 Å². The van der Waals surface area contributed by atoms with Crippen LogP contribution >= 0.6 is 0 Å². The van der Waals surface area contributed by atoms with Gasteiger partial charge in [0.05, 0.1) is 17.5 Å². The number of nitrogens with zero attached hydrogens (tertiary/aromatic N) is 5. The molecule has 1 fully saturated rings. The fourth-order valence-electron chi connectivity index (χ4n) is 3.52. The second kappa shape index (κ2) is 13.6. The molecule has 170 valence electrons. The number of aromatic nitrogens is 1. The molecule has 8 heteroatoms. The van der Waals surface area contributed by atoms with Crippen LogP contribution in [0.3, 0.4) is 0 Å². The molecule has 0 aliphatic carbocycles. The molecule has 0 radical (unpaired) electrons. The van der Waals surface area contributed by atoms with Gasteiger partial charge in [0.15, 0.2) is 0 Å². The molecule has 0 atom stereocenters. The van der Waals surface area contributed by atoms with Gasteiger partial charge < -0.3 is 21.3 Å². The standard InChI is InChI=1S/C16H22N6.C8H11NO/c1-3-12-13(10-17)15(19)20-16(14(12)11-18)22-7-5-6-21(4-2)8-9-22;1-3-5-7(4-2)6-8(9)10/h3-9H2,1-2H3,(H2,19,20);3-5H,1-2,6H2,(H2,9,10)/b;7-5+. The molecular formula is C24H33N7O. The van der Waals surface area contributed by atoms with Crippen LogP contribution in [0.2, 0.25) is 0 Å². The molecule has 1 amide bonds. The molecule has 1 saturated heterocycles. The van der Waals surface area contributed by atoms with Crippen molar-refractivity contribution >= 4 is 17.5 Å². The van der Waals surface area contributed by atoms with Gasteiger partial charge in [-0.05, 0) is 37.1 Å².